The van der Waals surface area contributed by atoms with Crippen LogP contribution in [0.2, 0.25) is 0 Å². The molecule has 1 saturated heterocycles. The van der Waals surface area contributed by atoms with E-state index in [0.717, 1.165) is 48.6 Å². The quantitative estimate of drug-likeness (QED) is 0.674. The van der Waals surface area contributed by atoms with Crippen molar-refractivity contribution in [3.63, 3.8) is 0 Å². The Kier molecular flexibility index (Phi) is 7.39. The summed E-state index contributed by atoms with van der Waals surface area (Å²) in [5.74, 6) is 2.54. The molecule has 1 atom stereocenters. The zero-order valence-corrected chi connectivity index (χ0v) is 17.6. The Morgan fingerprint density at radius 3 is 2.17 bits per heavy atom. The first-order valence-electron chi connectivity index (χ1n) is 10.3. The molecule has 1 heterocycles. The zero-order valence-electron chi connectivity index (χ0n) is 17.6. The fourth-order valence-electron chi connectivity index (χ4n) is 3.99. The van der Waals surface area contributed by atoms with Crippen LogP contribution in [0.1, 0.15) is 49.3 Å². The van der Waals surface area contributed by atoms with Gasteiger partial charge >= 0.3 is 0 Å². The molecule has 3 rings (SSSR count). The summed E-state index contributed by atoms with van der Waals surface area (Å²) in [4.78, 5) is 15.3. The number of benzene rings is 2. The lowest BCUT2D eigenvalue weighted by Crippen LogP contribution is -2.35. The Balaban J connectivity index is 1.72. The first-order chi connectivity index (χ1) is 14.1. The molecule has 1 amide bonds. The molecular weight excluding hydrogens is 366 g/mol. The van der Waals surface area contributed by atoms with E-state index in [4.69, 9.17) is 14.2 Å². The summed E-state index contributed by atoms with van der Waals surface area (Å²) in [6, 6.07) is 14.1. The van der Waals surface area contributed by atoms with Gasteiger partial charge < -0.3 is 19.1 Å². The van der Waals surface area contributed by atoms with Crippen LogP contribution in [0, 0.1) is 0 Å². The lowest BCUT2D eigenvalue weighted by atomic mass is 10.00. The summed E-state index contributed by atoms with van der Waals surface area (Å²) >= 11 is 0. The third-order valence-corrected chi connectivity index (χ3v) is 5.61. The summed E-state index contributed by atoms with van der Waals surface area (Å²) in [7, 11) is 4.95. The van der Waals surface area contributed by atoms with Crippen LogP contribution in [0.4, 0.5) is 0 Å². The molecule has 29 heavy (non-hydrogen) atoms. The van der Waals surface area contributed by atoms with Gasteiger partial charge in [0.1, 0.15) is 17.2 Å². The molecule has 1 aliphatic rings. The predicted molar refractivity (Wildman–Crippen MR) is 114 cm³/mol. The van der Waals surface area contributed by atoms with Crippen LogP contribution in [-0.4, -0.2) is 38.7 Å². The molecule has 5 heteroatoms. The number of ether oxygens (including phenoxy) is 3. The Hall–Kier alpha value is -2.69. The maximum atomic E-state index is 13.2. The average Bonchev–Trinajstić information content (AvgIpc) is 3.03. The van der Waals surface area contributed by atoms with Gasteiger partial charge in [-0.15, -0.1) is 0 Å². The van der Waals surface area contributed by atoms with E-state index in [1.807, 2.05) is 30.3 Å². The van der Waals surface area contributed by atoms with Crippen molar-refractivity contribution in [2.24, 2.45) is 0 Å². The van der Waals surface area contributed by atoms with Gasteiger partial charge in [-0.2, -0.15) is 0 Å². The standard InChI is InChI=1S/C24H31NO4/c1-27-20-11-9-19(10-12-20)23-7-5-4-6-14-25(23)24(26)13-8-18-15-21(28-2)17-22(16-18)29-3/h9-12,15-17,23H,4-8,13-14H2,1-3H3/t23-/m0/s1. The smallest absolute Gasteiger partial charge is 0.223 e. The average molecular weight is 398 g/mol. The Bertz CT molecular complexity index is 781. The number of aryl methyl sites for hydroxylation is 1. The summed E-state index contributed by atoms with van der Waals surface area (Å²) < 4.78 is 16.0. The summed E-state index contributed by atoms with van der Waals surface area (Å²) in [5.41, 5.74) is 2.23. The number of carbonyl (C=O) groups excluding carboxylic acids is 1. The minimum Gasteiger partial charge on any atom is -0.497 e. The monoisotopic (exact) mass is 397 g/mol. The van der Waals surface area contributed by atoms with Gasteiger partial charge in [0, 0.05) is 19.0 Å². The molecule has 1 fully saturated rings. The van der Waals surface area contributed by atoms with E-state index >= 15 is 0 Å². The number of hydrogen-bond donors (Lipinski definition) is 0. The highest BCUT2D eigenvalue weighted by molar-refractivity contribution is 5.77. The second kappa shape index (κ2) is 10.2. The maximum Gasteiger partial charge on any atom is 0.223 e. The van der Waals surface area contributed by atoms with E-state index in [1.54, 1.807) is 21.3 Å². The van der Waals surface area contributed by atoms with Gasteiger partial charge in [0.05, 0.1) is 27.4 Å². The molecule has 0 spiro atoms. The third kappa shape index (κ3) is 5.43. The van der Waals surface area contributed by atoms with Gasteiger partial charge in [0.15, 0.2) is 0 Å². The Morgan fingerprint density at radius 1 is 0.897 bits per heavy atom. The fraction of sp³-hybridized carbons (Fsp3) is 0.458. The van der Waals surface area contributed by atoms with Crippen LogP contribution in [0.15, 0.2) is 42.5 Å². The van der Waals surface area contributed by atoms with E-state index in [-0.39, 0.29) is 11.9 Å². The zero-order chi connectivity index (χ0) is 20.6. The van der Waals surface area contributed by atoms with E-state index in [1.165, 1.54) is 12.0 Å². The normalized spacial score (nSPS) is 16.8. The lowest BCUT2D eigenvalue weighted by molar-refractivity contribution is -0.133. The number of likely N-dealkylation sites (tertiary alicyclic amines) is 1. The molecule has 1 aliphatic heterocycles. The number of amides is 1. The number of rotatable bonds is 7. The minimum absolute atomic E-state index is 0.135. The summed E-state index contributed by atoms with van der Waals surface area (Å²) in [6.45, 7) is 0.816. The van der Waals surface area contributed by atoms with Crippen molar-refractivity contribution >= 4 is 5.91 Å². The van der Waals surface area contributed by atoms with Crippen molar-refractivity contribution < 1.29 is 19.0 Å². The van der Waals surface area contributed by atoms with Crippen molar-refractivity contribution in [3.05, 3.63) is 53.6 Å². The highest BCUT2D eigenvalue weighted by Crippen LogP contribution is 2.32. The highest BCUT2D eigenvalue weighted by Gasteiger charge is 2.26. The van der Waals surface area contributed by atoms with Crippen molar-refractivity contribution in [2.45, 2.75) is 44.6 Å². The first-order valence-corrected chi connectivity index (χ1v) is 10.3. The van der Waals surface area contributed by atoms with E-state index in [9.17, 15) is 4.79 Å². The third-order valence-electron chi connectivity index (χ3n) is 5.61. The predicted octanol–water partition coefficient (Wildman–Crippen LogP) is 4.79. The van der Waals surface area contributed by atoms with Crippen LogP contribution in [-0.2, 0) is 11.2 Å². The molecule has 0 aromatic heterocycles. The van der Waals surface area contributed by atoms with Crippen LogP contribution in [0.3, 0.4) is 0 Å². The minimum atomic E-state index is 0.135. The number of methoxy groups -OCH3 is 3. The second-order valence-electron chi connectivity index (χ2n) is 7.45. The van der Waals surface area contributed by atoms with Crippen molar-refractivity contribution in [1.82, 2.24) is 4.90 Å². The van der Waals surface area contributed by atoms with Gasteiger partial charge in [-0.1, -0.05) is 25.0 Å². The first kappa shape index (κ1) is 21.0. The van der Waals surface area contributed by atoms with Crippen molar-refractivity contribution in [3.8, 4) is 17.2 Å². The van der Waals surface area contributed by atoms with Gasteiger partial charge in [-0.05, 0) is 54.7 Å². The number of hydrogen-bond acceptors (Lipinski definition) is 4. The van der Waals surface area contributed by atoms with E-state index in [0.29, 0.717) is 12.8 Å². The molecule has 0 bridgehead atoms. The molecule has 0 N–H and O–H groups in total. The maximum absolute atomic E-state index is 13.2. The highest BCUT2D eigenvalue weighted by atomic mass is 16.5. The van der Waals surface area contributed by atoms with Gasteiger partial charge in [0.2, 0.25) is 5.91 Å². The second-order valence-corrected chi connectivity index (χ2v) is 7.45. The van der Waals surface area contributed by atoms with E-state index in [2.05, 4.69) is 17.0 Å². The topological polar surface area (TPSA) is 48.0 Å². The van der Waals surface area contributed by atoms with Crippen molar-refractivity contribution in [1.29, 1.82) is 0 Å². The molecule has 156 valence electrons. The molecule has 0 aliphatic carbocycles. The molecule has 0 radical (unpaired) electrons. The largest absolute Gasteiger partial charge is 0.497 e. The molecule has 2 aromatic rings. The molecule has 0 saturated carbocycles. The van der Waals surface area contributed by atoms with Crippen LogP contribution >= 0.6 is 0 Å². The molecule has 0 unspecified atom stereocenters. The summed E-state index contributed by atoms with van der Waals surface area (Å²) in [5, 5.41) is 0. The van der Waals surface area contributed by atoms with Crippen LogP contribution in [0.25, 0.3) is 0 Å². The SMILES string of the molecule is COc1ccc([C@@H]2CCCCCN2C(=O)CCc2cc(OC)cc(OC)c2)cc1. The Labute approximate surface area is 173 Å². The van der Waals surface area contributed by atoms with Crippen LogP contribution < -0.4 is 14.2 Å². The van der Waals surface area contributed by atoms with Gasteiger partial charge in [-0.3, -0.25) is 4.79 Å². The molecule has 5 nitrogen and oxygen atoms in total. The van der Waals surface area contributed by atoms with Gasteiger partial charge in [0.25, 0.3) is 0 Å². The Morgan fingerprint density at radius 2 is 1.55 bits per heavy atom. The van der Waals surface area contributed by atoms with Crippen LogP contribution in [0.5, 0.6) is 17.2 Å². The van der Waals surface area contributed by atoms with Gasteiger partial charge in [-0.25, -0.2) is 0 Å². The molecular formula is C24H31NO4. The fourth-order valence-corrected chi connectivity index (χ4v) is 3.99. The van der Waals surface area contributed by atoms with E-state index < -0.39 is 0 Å². The number of nitrogens with zero attached hydrogens (tertiary/aromatic N) is 1. The molecule has 2 aromatic carbocycles. The van der Waals surface area contributed by atoms with Crippen molar-refractivity contribution in [2.75, 3.05) is 27.9 Å². The summed E-state index contributed by atoms with van der Waals surface area (Å²) in [6.07, 6.45) is 5.52. The lowest BCUT2D eigenvalue weighted by Gasteiger charge is -2.31. The number of carbonyl (C=O) groups is 1.